The lowest BCUT2D eigenvalue weighted by atomic mass is 9.85. The number of hydrogen-bond acceptors (Lipinski definition) is 6. The maximum Gasteiger partial charge on any atom is 0.308 e. The number of allylic oxidation sites excluding steroid dienone is 2. The number of halogens is 1. The van der Waals surface area contributed by atoms with Crippen LogP contribution in [0.25, 0.3) is 0 Å². The predicted octanol–water partition coefficient (Wildman–Crippen LogP) is 2.91. The molecule has 1 aliphatic heterocycles. The van der Waals surface area contributed by atoms with Crippen molar-refractivity contribution < 1.29 is 23.9 Å². The summed E-state index contributed by atoms with van der Waals surface area (Å²) in [5.41, 5.74) is 0.602. The maximum absolute atomic E-state index is 12.7. The second-order valence-electron chi connectivity index (χ2n) is 7.09. The highest BCUT2D eigenvalue weighted by Crippen LogP contribution is 2.52. The molecule has 2 fully saturated rings. The molecule has 0 unspecified atom stereocenters. The second-order valence-corrected chi connectivity index (χ2v) is 7.94. The minimum atomic E-state index is -0.467. The fourth-order valence-electron chi connectivity index (χ4n) is 4.29. The Labute approximate surface area is 170 Å². The number of ether oxygens (including phenoxy) is 2. The van der Waals surface area contributed by atoms with Gasteiger partial charge < -0.3 is 9.47 Å². The molecule has 4 atom stereocenters. The number of rotatable bonds is 5. The lowest BCUT2D eigenvalue weighted by Gasteiger charge is -2.13. The quantitative estimate of drug-likeness (QED) is 0.228. The first-order valence-corrected chi connectivity index (χ1v) is 9.95. The van der Waals surface area contributed by atoms with Crippen LogP contribution in [-0.2, 0) is 14.4 Å². The Balaban J connectivity index is 1.59. The number of amides is 2. The van der Waals surface area contributed by atoms with Gasteiger partial charge in [0.25, 0.3) is 11.8 Å². The van der Waals surface area contributed by atoms with Gasteiger partial charge in [0.15, 0.2) is 11.5 Å². The average Bonchev–Trinajstić information content (AvgIpc) is 3.31. The van der Waals surface area contributed by atoms with Gasteiger partial charge in [-0.05, 0) is 58.8 Å². The zero-order chi connectivity index (χ0) is 20.0. The smallest absolute Gasteiger partial charge is 0.308 e. The van der Waals surface area contributed by atoms with E-state index in [0.717, 1.165) is 11.4 Å². The Hall–Kier alpha value is -2.48. The molecule has 4 rings (SSSR count). The zero-order valence-corrected chi connectivity index (χ0v) is 17.0. The van der Waals surface area contributed by atoms with Crippen molar-refractivity contribution in [3.63, 3.8) is 0 Å². The normalized spacial score (nSPS) is 27.8. The molecule has 0 N–H and O–H groups in total. The Kier molecular flexibility index (Phi) is 4.82. The van der Waals surface area contributed by atoms with Crippen molar-refractivity contribution in [2.24, 2.45) is 28.8 Å². The first-order chi connectivity index (χ1) is 13.4. The van der Waals surface area contributed by atoms with Crippen molar-refractivity contribution in [2.45, 2.75) is 20.3 Å². The van der Waals surface area contributed by atoms with Gasteiger partial charge in [0.1, 0.15) is 0 Å². The Morgan fingerprint density at radius 3 is 2.46 bits per heavy atom. The predicted molar refractivity (Wildman–Crippen MR) is 104 cm³/mol. The number of fused-ring (bicyclic) bond motifs is 5. The summed E-state index contributed by atoms with van der Waals surface area (Å²) in [6.07, 6.45) is 6.41. The minimum absolute atomic E-state index is 0.147. The van der Waals surface area contributed by atoms with E-state index in [9.17, 15) is 14.4 Å². The van der Waals surface area contributed by atoms with Crippen molar-refractivity contribution in [1.82, 2.24) is 5.01 Å². The maximum atomic E-state index is 12.7. The first kappa shape index (κ1) is 18.9. The van der Waals surface area contributed by atoms with Crippen molar-refractivity contribution in [2.75, 3.05) is 6.61 Å². The van der Waals surface area contributed by atoms with Gasteiger partial charge in [-0.15, -0.1) is 0 Å². The number of carbonyl (C=O) groups is 3. The molecule has 146 valence electrons. The van der Waals surface area contributed by atoms with E-state index >= 15 is 0 Å². The van der Waals surface area contributed by atoms with Gasteiger partial charge in [-0.2, -0.15) is 10.1 Å². The van der Waals surface area contributed by atoms with Crippen molar-refractivity contribution in [3.8, 4) is 11.5 Å². The summed E-state index contributed by atoms with van der Waals surface area (Å²) in [6, 6.07) is 3.33. The minimum Gasteiger partial charge on any atom is -0.490 e. The molecule has 1 saturated heterocycles. The summed E-state index contributed by atoms with van der Waals surface area (Å²) < 4.78 is 11.2. The summed E-state index contributed by atoms with van der Waals surface area (Å²) in [5.74, 6) is -0.558. The molecule has 1 aromatic rings. The number of esters is 1. The molecule has 8 heteroatoms. The molecule has 7 nitrogen and oxygen atoms in total. The third-order valence-corrected chi connectivity index (χ3v) is 5.94. The molecule has 2 bridgehead atoms. The molecule has 3 aliphatic rings. The van der Waals surface area contributed by atoms with Gasteiger partial charge in [-0.25, -0.2) is 0 Å². The summed E-state index contributed by atoms with van der Waals surface area (Å²) >= 11 is 3.36. The topological polar surface area (TPSA) is 85.3 Å². The van der Waals surface area contributed by atoms with Crippen LogP contribution < -0.4 is 9.47 Å². The van der Waals surface area contributed by atoms with Crippen LogP contribution in [0.2, 0.25) is 0 Å². The van der Waals surface area contributed by atoms with E-state index in [-0.39, 0.29) is 41.2 Å². The molecule has 2 amide bonds. The molecule has 28 heavy (non-hydrogen) atoms. The zero-order valence-electron chi connectivity index (χ0n) is 15.4. The largest absolute Gasteiger partial charge is 0.490 e. The van der Waals surface area contributed by atoms with Crippen LogP contribution in [0.3, 0.4) is 0 Å². The summed E-state index contributed by atoms with van der Waals surface area (Å²) in [4.78, 5) is 36.7. The van der Waals surface area contributed by atoms with E-state index in [4.69, 9.17) is 9.47 Å². The third-order valence-electron chi connectivity index (χ3n) is 5.35. The molecule has 0 aromatic heterocycles. The van der Waals surface area contributed by atoms with E-state index < -0.39 is 5.97 Å². The fourth-order valence-corrected chi connectivity index (χ4v) is 4.83. The van der Waals surface area contributed by atoms with Gasteiger partial charge in [-0.3, -0.25) is 14.4 Å². The first-order valence-electron chi connectivity index (χ1n) is 9.15. The van der Waals surface area contributed by atoms with Crippen molar-refractivity contribution in [1.29, 1.82) is 0 Å². The number of nitrogens with zero attached hydrogens (tertiary/aromatic N) is 2. The van der Waals surface area contributed by atoms with Gasteiger partial charge >= 0.3 is 5.97 Å². The van der Waals surface area contributed by atoms with E-state index in [1.807, 2.05) is 19.1 Å². The summed E-state index contributed by atoms with van der Waals surface area (Å²) in [7, 11) is 0. The van der Waals surface area contributed by atoms with Crippen LogP contribution in [0.1, 0.15) is 25.8 Å². The number of benzene rings is 1. The molecule has 1 heterocycles. The Bertz CT molecular complexity index is 895. The molecule has 0 spiro atoms. The number of hydrogen-bond donors (Lipinski definition) is 0. The monoisotopic (exact) mass is 446 g/mol. The van der Waals surface area contributed by atoms with Crippen LogP contribution in [0.5, 0.6) is 11.5 Å². The molecular weight excluding hydrogens is 428 g/mol. The molecule has 0 radical (unpaired) electrons. The highest BCUT2D eigenvalue weighted by atomic mass is 79.9. The molecule has 2 aliphatic carbocycles. The van der Waals surface area contributed by atoms with Gasteiger partial charge in [0.2, 0.25) is 0 Å². The Morgan fingerprint density at radius 2 is 1.89 bits per heavy atom. The van der Waals surface area contributed by atoms with Crippen LogP contribution in [-0.4, -0.2) is 35.6 Å². The lowest BCUT2D eigenvalue weighted by Crippen LogP contribution is -2.28. The highest BCUT2D eigenvalue weighted by Gasteiger charge is 2.59. The Morgan fingerprint density at radius 1 is 1.25 bits per heavy atom. The van der Waals surface area contributed by atoms with Crippen LogP contribution in [0.15, 0.2) is 33.9 Å². The van der Waals surface area contributed by atoms with Crippen molar-refractivity contribution in [3.05, 3.63) is 34.3 Å². The lowest BCUT2D eigenvalue weighted by molar-refractivity contribution is -0.140. The molecule has 1 saturated carbocycles. The van der Waals surface area contributed by atoms with Gasteiger partial charge in [0, 0.05) is 6.92 Å². The number of hydrazone groups is 1. The van der Waals surface area contributed by atoms with E-state index in [0.29, 0.717) is 22.4 Å². The molecular formula is C20H19BrN2O5. The summed E-state index contributed by atoms with van der Waals surface area (Å²) in [5, 5.41) is 5.16. The third kappa shape index (κ3) is 3.05. The van der Waals surface area contributed by atoms with E-state index in [1.165, 1.54) is 13.1 Å². The van der Waals surface area contributed by atoms with Crippen LogP contribution in [0, 0.1) is 23.7 Å². The van der Waals surface area contributed by atoms with Gasteiger partial charge in [0.05, 0.1) is 29.1 Å². The van der Waals surface area contributed by atoms with Crippen LogP contribution >= 0.6 is 15.9 Å². The van der Waals surface area contributed by atoms with Crippen molar-refractivity contribution >= 4 is 39.9 Å². The highest BCUT2D eigenvalue weighted by molar-refractivity contribution is 9.10. The summed E-state index contributed by atoms with van der Waals surface area (Å²) in [6.45, 7) is 3.50. The SMILES string of the molecule is CCOc1cc(C=NN2C(=O)[C@@H]3[C@H](C2=O)[C@H]2C=C[C@H]3C2)cc(Br)c1OC(C)=O. The van der Waals surface area contributed by atoms with E-state index in [1.54, 1.807) is 12.1 Å². The second kappa shape index (κ2) is 7.16. The number of carbonyl (C=O) groups excluding carboxylic acids is 3. The average molecular weight is 447 g/mol. The van der Waals surface area contributed by atoms with Gasteiger partial charge in [-0.1, -0.05) is 12.2 Å². The molecule has 1 aromatic carbocycles. The fraction of sp³-hybridized carbons (Fsp3) is 0.400. The standard InChI is InChI=1S/C20H19BrN2O5/c1-3-27-15-7-11(6-14(21)18(15)28-10(2)24)9-22-23-19(25)16-12-4-5-13(8-12)17(16)20(23)26/h4-7,9,12-13,16-17H,3,8H2,1-2H3/t12-,13-,16-,17+/m0/s1. The number of imide groups is 1. The van der Waals surface area contributed by atoms with E-state index in [2.05, 4.69) is 21.0 Å². The van der Waals surface area contributed by atoms with Crippen LogP contribution in [0.4, 0.5) is 0 Å².